The van der Waals surface area contributed by atoms with Crippen molar-refractivity contribution in [3.63, 3.8) is 0 Å². The summed E-state index contributed by atoms with van der Waals surface area (Å²) in [5.74, 6) is 0.628. The monoisotopic (exact) mass is 239 g/mol. The van der Waals surface area contributed by atoms with Crippen molar-refractivity contribution in [1.29, 1.82) is 0 Å². The second-order valence-electron chi connectivity index (χ2n) is 4.59. The molecule has 2 rings (SSSR count). The molecule has 1 aliphatic carbocycles. The van der Waals surface area contributed by atoms with Gasteiger partial charge in [-0.1, -0.05) is 19.8 Å². The smallest absolute Gasteiger partial charge is 0.182 e. The van der Waals surface area contributed by atoms with Gasteiger partial charge < -0.3 is 11.1 Å². The van der Waals surface area contributed by atoms with Gasteiger partial charge in [0.1, 0.15) is 0 Å². The van der Waals surface area contributed by atoms with Crippen LogP contribution in [0, 0.1) is 5.92 Å². The van der Waals surface area contributed by atoms with E-state index in [1.807, 2.05) is 0 Å². The van der Waals surface area contributed by atoms with Crippen molar-refractivity contribution in [1.82, 2.24) is 4.98 Å². The summed E-state index contributed by atoms with van der Waals surface area (Å²) in [6.07, 6.45) is 6.10. The maximum Gasteiger partial charge on any atom is 0.182 e. The van der Waals surface area contributed by atoms with E-state index in [1.54, 1.807) is 11.3 Å². The molecule has 0 aromatic carbocycles. The van der Waals surface area contributed by atoms with Crippen LogP contribution in [0.5, 0.6) is 0 Å². The van der Waals surface area contributed by atoms with Crippen LogP contribution in [-0.2, 0) is 6.42 Å². The lowest BCUT2D eigenvalue weighted by atomic mass is 9.85. The molecule has 1 aromatic rings. The lowest BCUT2D eigenvalue weighted by Crippen LogP contribution is -2.37. The average molecular weight is 239 g/mol. The molecule has 0 spiro atoms. The van der Waals surface area contributed by atoms with E-state index >= 15 is 0 Å². The van der Waals surface area contributed by atoms with Gasteiger partial charge in [0, 0.05) is 18.0 Å². The minimum atomic E-state index is 0.381. The van der Waals surface area contributed by atoms with E-state index in [-0.39, 0.29) is 0 Å². The van der Waals surface area contributed by atoms with Gasteiger partial charge in [-0.2, -0.15) is 0 Å². The zero-order valence-corrected chi connectivity index (χ0v) is 10.7. The third kappa shape index (κ3) is 2.95. The molecular weight excluding hydrogens is 218 g/mol. The normalized spacial score (nSPS) is 25.6. The van der Waals surface area contributed by atoms with Gasteiger partial charge in [0.25, 0.3) is 0 Å². The predicted octanol–water partition coefficient (Wildman–Crippen LogP) is 2.63. The van der Waals surface area contributed by atoms with Crippen LogP contribution in [0.25, 0.3) is 0 Å². The van der Waals surface area contributed by atoms with Gasteiger partial charge in [0.15, 0.2) is 5.13 Å². The van der Waals surface area contributed by atoms with Crippen molar-refractivity contribution < 1.29 is 0 Å². The summed E-state index contributed by atoms with van der Waals surface area (Å²) in [4.78, 5) is 4.50. The zero-order chi connectivity index (χ0) is 11.4. The number of thiazole rings is 1. The van der Waals surface area contributed by atoms with Gasteiger partial charge in [0.05, 0.1) is 5.69 Å². The second-order valence-corrected chi connectivity index (χ2v) is 5.44. The number of nitrogens with zero attached hydrogens (tertiary/aromatic N) is 1. The van der Waals surface area contributed by atoms with Crippen molar-refractivity contribution in [2.45, 2.75) is 45.1 Å². The number of anilines is 1. The summed E-state index contributed by atoms with van der Waals surface area (Å²) < 4.78 is 0. The molecule has 0 aliphatic heterocycles. The third-order valence-electron chi connectivity index (χ3n) is 3.40. The van der Waals surface area contributed by atoms with Crippen LogP contribution >= 0.6 is 11.3 Å². The van der Waals surface area contributed by atoms with E-state index in [0.29, 0.717) is 12.0 Å². The fourth-order valence-corrected chi connectivity index (χ4v) is 3.06. The molecule has 16 heavy (non-hydrogen) atoms. The summed E-state index contributed by atoms with van der Waals surface area (Å²) >= 11 is 1.70. The van der Waals surface area contributed by atoms with Gasteiger partial charge in [-0.05, 0) is 25.2 Å². The quantitative estimate of drug-likeness (QED) is 0.849. The Bertz CT molecular complexity index is 324. The Balaban J connectivity index is 1.81. The highest BCUT2D eigenvalue weighted by Crippen LogP contribution is 2.24. The summed E-state index contributed by atoms with van der Waals surface area (Å²) in [6, 6.07) is 0.381. The number of aryl methyl sites for hydroxylation is 1. The maximum absolute atomic E-state index is 6.12. The van der Waals surface area contributed by atoms with E-state index in [9.17, 15) is 0 Å². The molecule has 1 fully saturated rings. The van der Waals surface area contributed by atoms with E-state index in [0.717, 1.165) is 18.1 Å². The Kier molecular flexibility index (Phi) is 4.18. The van der Waals surface area contributed by atoms with Crippen LogP contribution in [0.4, 0.5) is 5.13 Å². The lowest BCUT2D eigenvalue weighted by molar-refractivity contribution is 0.321. The number of nitrogens with two attached hydrogens (primary N) is 1. The molecule has 3 nitrogen and oxygen atoms in total. The Morgan fingerprint density at radius 2 is 2.31 bits per heavy atom. The first-order valence-corrected chi connectivity index (χ1v) is 7.11. The Morgan fingerprint density at radius 3 is 3.00 bits per heavy atom. The van der Waals surface area contributed by atoms with Crippen LogP contribution in [0.3, 0.4) is 0 Å². The summed E-state index contributed by atoms with van der Waals surface area (Å²) in [5, 5.41) is 6.61. The minimum absolute atomic E-state index is 0.381. The number of nitrogens with one attached hydrogen (secondary N) is 1. The van der Waals surface area contributed by atoms with Gasteiger partial charge in [0.2, 0.25) is 0 Å². The topological polar surface area (TPSA) is 50.9 Å². The highest BCUT2D eigenvalue weighted by molar-refractivity contribution is 7.13. The summed E-state index contributed by atoms with van der Waals surface area (Å²) in [7, 11) is 0. The van der Waals surface area contributed by atoms with E-state index in [4.69, 9.17) is 5.73 Å². The van der Waals surface area contributed by atoms with Crippen LogP contribution < -0.4 is 11.1 Å². The van der Waals surface area contributed by atoms with E-state index in [1.165, 1.54) is 31.4 Å². The fraction of sp³-hybridized carbons (Fsp3) is 0.750. The Hall–Kier alpha value is -0.610. The number of aromatic nitrogens is 1. The average Bonchev–Trinajstić information content (AvgIpc) is 2.76. The van der Waals surface area contributed by atoms with Crippen molar-refractivity contribution >= 4 is 16.5 Å². The molecule has 1 saturated carbocycles. The predicted molar refractivity (Wildman–Crippen MR) is 69.9 cm³/mol. The first-order valence-electron chi connectivity index (χ1n) is 6.23. The largest absolute Gasteiger partial charge is 0.361 e. The molecule has 0 amide bonds. The van der Waals surface area contributed by atoms with Crippen LogP contribution in [0.15, 0.2) is 5.38 Å². The molecule has 2 atom stereocenters. The Labute approximate surface area is 101 Å². The van der Waals surface area contributed by atoms with Gasteiger partial charge in [-0.15, -0.1) is 11.3 Å². The van der Waals surface area contributed by atoms with Gasteiger partial charge >= 0.3 is 0 Å². The van der Waals surface area contributed by atoms with Gasteiger partial charge in [-0.3, -0.25) is 0 Å². The first-order chi connectivity index (χ1) is 7.79. The molecule has 2 unspecified atom stereocenters. The lowest BCUT2D eigenvalue weighted by Gasteiger charge is -2.28. The standard InChI is InChI=1S/C12H21N3S/c1-2-10-8-16-12(15-10)14-7-9-5-3-4-6-11(9)13/h8-9,11H,2-7,13H2,1H3,(H,14,15). The van der Waals surface area contributed by atoms with Crippen molar-refractivity contribution in [2.24, 2.45) is 11.7 Å². The molecular formula is C12H21N3S. The molecule has 0 saturated heterocycles. The highest BCUT2D eigenvalue weighted by Gasteiger charge is 2.21. The van der Waals surface area contributed by atoms with Crippen molar-refractivity contribution in [2.75, 3.05) is 11.9 Å². The van der Waals surface area contributed by atoms with E-state index in [2.05, 4.69) is 22.6 Å². The zero-order valence-electron chi connectivity index (χ0n) is 9.91. The SMILES string of the molecule is CCc1csc(NCC2CCCCC2N)n1. The van der Waals surface area contributed by atoms with Crippen LogP contribution in [0.1, 0.15) is 38.3 Å². The molecule has 3 N–H and O–H groups in total. The highest BCUT2D eigenvalue weighted by atomic mass is 32.1. The summed E-state index contributed by atoms with van der Waals surface area (Å²) in [5.41, 5.74) is 7.30. The van der Waals surface area contributed by atoms with Crippen LogP contribution in [0.2, 0.25) is 0 Å². The number of hydrogen-bond acceptors (Lipinski definition) is 4. The Morgan fingerprint density at radius 1 is 1.50 bits per heavy atom. The van der Waals surface area contributed by atoms with Crippen molar-refractivity contribution in [3.8, 4) is 0 Å². The molecule has 1 aromatic heterocycles. The minimum Gasteiger partial charge on any atom is -0.361 e. The fourth-order valence-electron chi connectivity index (χ4n) is 2.26. The molecule has 0 radical (unpaired) electrons. The number of hydrogen-bond donors (Lipinski definition) is 2. The third-order valence-corrected chi connectivity index (χ3v) is 4.25. The first kappa shape index (κ1) is 11.9. The molecule has 0 bridgehead atoms. The maximum atomic E-state index is 6.12. The second kappa shape index (κ2) is 5.64. The van der Waals surface area contributed by atoms with Crippen LogP contribution in [-0.4, -0.2) is 17.6 Å². The number of rotatable bonds is 4. The molecule has 1 aliphatic rings. The summed E-state index contributed by atoms with van der Waals surface area (Å²) in [6.45, 7) is 3.12. The van der Waals surface area contributed by atoms with Gasteiger partial charge in [-0.25, -0.2) is 4.98 Å². The molecule has 1 heterocycles. The van der Waals surface area contributed by atoms with Crippen molar-refractivity contribution in [3.05, 3.63) is 11.1 Å². The molecule has 90 valence electrons. The van der Waals surface area contributed by atoms with E-state index < -0.39 is 0 Å². The molecule has 4 heteroatoms.